The van der Waals surface area contributed by atoms with Crippen molar-refractivity contribution in [3.8, 4) is 11.5 Å². The van der Waals surface area contributed by atoms with E-state index in [4.69, 9.17) is 9.47 Å². The lowest BCUT2D eigenvalue weighted by molar-refractivity contribution is 0.358. The first-order valence-electron chi connectivity index (χ1n) is 7.25. The topological polar surface area (TPSA) is 85.0 Å². The monoisotopic (exact) mass is 313 g/mol. The molecule has 23 heavy (non-hydrogen) atoms. The average molecular weight is 313 g/mol. The van der Waals surface area contributed by atoms with Crippen LogP contribution < -0.4 is 14.8 Å². The van der Waals surface area contributed by atoms with Crippen LogP contribution in [0.15, 0.2) is 18.5 Å². The number of methoxy groups -OCH3 is 2. The second-order valence-electron chi connectivity index (χ2n) is 5.19. The molecule has 120 valence electrons. The molecular formula is C16H19N5O2. The molecule has 0 aliphatic rings. The van der Waals surface area contributed by atoms with E-state index in [1.165, 1.54) is 6.33 Å². The summed E-state index contributed by atoms with van der Waals surface area (Å²) in [6.45, 7) is 4.62. The minimum Gasteiger partial charge on any atom is -0.493 e. The molecular weight excluding hydrogens is 294 g/mol. The second-order valence-corrected chi connectivity index (χ2v) is 5.19. The number of nitrogens with one attached hydrogen (secondary N) is 2. The van der Waals surface area contributed by atoms with Crippen molar-refractivity contribution in [2.75, 3.05) is 19.5 Å². The number of aromatic nitrogens is 4. The van der Waals surface area contributed by atoms with Crippen LogP contribution in [-0.4, -0.2) is 34.4 Å². The Hall–Kier alpha value is -2.83. The molecule has 7 heteroatoms. The Kier molecular flexibility index (Phi) is 4.01. The van der Waals surface area contributed by atoms with Crippen LogP contribution in [0.5, 0.6) is 11.5 Å². The molecule has 7 nitrogen and oxygen atoms in total. The maximum absolute atomic E-state index is 5.44. The van der Waals surface area contributed by atoms with E-state index >= 15 is 0 Å². The van der Waals surface area contributed by atoms with Crippen molar-refractivity contribution in [1.82, 2.24) is 20.2 Å². The molecule has 0 amide bonds. The van der Waals surface area contributed by atoms with Gasteiger partial charge in [0.05, 0.1) is 19.9 Å². The first-order chi connectivity index (χ1) is 11.2. The van der Waals surface area contributed by atoms with E-state index in [0.717, 1.165) is 28.2 Å². The zero-order valence-corrected chi connectivity index (χ0v) is 13.6. The van der Waals surface area contributed by atoms with Crippen molar-refractivity contribution in [3.05, 3.63) is 35.4 Å². The van der Waals surface area contributed by atoms with Gasteiger partial charge >= 0.3 is 0 Å². The van der Waals surface area contributed by atoms with Crippen LogP contribution in [0, 0.1) is 13.8 Å². The highest BCUT2D eigenvalue weighted by molar-refractivity contribution is 5.94. The molecule has 3 aromatic rings. The Bertz CT molecular complexity index is 824. The molecule has 2 heterocycles. The third-order valence-corrected chi connectivity index (χ3v) is 3.86. The molecule has 0 aliphatic heterocycles. The van der Waals surface area contributed by atoms with E-state index in [2.05, 4.69) is 25.5 Å². The Morgan fingerprint density at radius 1 is 1.13 bits per heavy atom. The number of nitrogens with zero attached hydrogens (tertiary/aromatic N) is 3. The molecule has 0 bridgehead atoms. The van der Waals surface area contributed by atoms with Gasteiger partial charge in [-0.25, -0.2) is 9.97 Å². The van der Waals surface area contributed by atoms with E-state index in [-0.39, 0.29) is 0 Å². The van der Waals surface area contributed by atoms with E-state index in [1.54, 1.807) is 14.2 Å². The Morgan fingerprint density at radius 3 is 2.61 bits per heavy atom. The van der Waals surface area contributed by atoms with Gasteiger partial charge < -0.3 is 14.8 Å². The Balaban J connectivity index is 1.98. The minimum atomic E-state index is 0.603. The summed E-state index contributed by atoms with van der Waals surface area (Å²) in [4.78, 5) is 8.67. The van der Waals surface area contributed by atoms with Crippen LogP contribution >= 0.6 is 0 Å². The number of benzene rings is 1. The largest absolute Gasteiger partial charge is 0.493 e. The van der Waals surface area contributed by atoms with Gasteiger partial charge in [-0.05, 0) is 26.0 Å². The van der Waals surface area contributed by atoms with Crippen molar-refractivity contribution in [3.63, 3.8) is 0 Å². The number of hydrogen-bond acceptors (Lipinski definition) is 6. The van der Waals surface area contributed by atoms with Crippen molar-refractivity contribution in [2.24, 2.45) is 0 Å². The summed E-state index contributed by atoms with van der Waals surface area (Å²) < 4.78 is 10.8. The lowest BCUT2D eigenvalue weighted by Crippen LogP contribution is -2.05. The van der Waals surface area contributed by atoms with Gasteiger partial charge in [0.15, 0.2) is 11.5 Å². The fraction of sp³-hybridized carbons (Fsp3) is 0.312. The van der Waals surface area contributed by atoms with Gasteiger partial charge in [-0.1, -0.05) is 0 Å². The van der Waals surface area contributed by atoms with E-state index in [0.29, 0.717) is 23.6 Å². The normalized spacial score (nSPS) is 10.8. The number of aromatic amines is 1. The first kappa shape index (κ1) is 15.1. The molecule has 0 spiro atoms. The number of rotatable bonds is 5. The number of fused-ring (bicyclic) bond motifs is 1. The quantitative estimate of drug-likeness (QED) is 0.753. The molecule has 0 saturated carbocycles. The summed E-state index contributed by atoms with van der Waals surface area (Å²) in [6.07, 6.45) is 1.52. The van der Waals surface area contributed by atoms with E-state index in [9.17, 15) is 0 Å². The van der Waals surface area contributed by atoms with Crippen LogP contribution in [-0.2, 0) is 6.54 Å². The maximum atomic E-state index is 5.44. The SMILES string of the molecule is COc1ccc2c(NCc3c(C)n[nH]c3C)ncnc2c1OC. The number of anilines is 1. The summed E-state index contributed by atoms with van der Waals surface area (Å²) in [6, 6.07) is 3.78. The van der Waals surface area contributed by atoms with E-state index < -0.39 is 0 Å². The molecule has 0 unspecified atom stereocenters. The van der Waals surface area contributed by atoms with Crippen molar-refractivity contribution in [1.29, 1.82) is 0 Å². The zero-order chi connectivity index (χ0) is 16.4. The van der Waals surface area contributed by atoms with Crippen LogP contribution in [0.1, 0.15) is 17.0 Å². The summed E-state index contributed by atoms with van der Waals surface area (Å²) in [7, 11) is 3.21. The molecule has 0 atom stereocenters. The van der Waals surface area contributed by atoms with Crippen molar-refractivity contribution < 1.29 is 9.47 Å². The average Bonchev–Trinajstić information content (AvgIpc) is 2.90. The van der Waals surface area contributed by atoms with Crippen molar-refractivity contribution >= 4 is 16.7 Å². The van der Waals surface area contributed by atoms with Gasteiger partial charge in [0.25, 0.3) is 0 Å². The van der Waals surface area contributed by atoms with Gasteiger partial charge in [-0.3, -0.25) is 5.10 Å². The zero-order valence-electron chi connectivity index (χ0n) is 13.6. The molecule has 2 aromatic heterocycles. The smallest absolute Gasteiger partial charge is 0.187 e. The molecule has 0 saturated heterocycles. The number of hydrogen-bond donors (Lipinski definition) is 2. The van der Waals surface area contributed by atoms with Crippen LogP contribution in [0.2, 0.25) is 0 Å². The number of ether oxygens (including phenoxy) is 2. The third-order valence-electron chi connectivity index (χ3n) is 3.86. The lowest BCUT2D eigenvalue weighted by atomic mass is 10.1. The molecule has 0 fully saturated rings. The molecule has 0 aliphatic carbocycles. The van der Waals surface area contributed by atoms with Gasteiger partial charge in [0.1, 0.15) is 17.7 Å². The Morgan fingerprint density at radius 2 is 1.96 bits per heavy atom. The lowest BCUT2D eigenvalue weighted by Gasteiger charge is -2.12. The fourth-order valence-electron chi connectivity index (χ4n) is 2.59. The van der Waals surface area contributed by atoms with Crippen molar-refractivity contribution in [2.45, 2.75) is 20.4 Å². The molecule has 1 aromatic carbocycles. The predicted molar refractivity (Wildman–Crippen MR) is 88.0 cm³/mol. The first-order valence-corrected chi connectivity index (χ1v) is 7.25. The summed E-state index contributed by atoms with van der Waals surface area (Å²) in [5.41, 5.74) is 3.88. The predicted octanol–water partition coefficient (Wildman–Crippen LogP) is 2.60. The summed E-state index contributed by atoms with van der Waals surface area (Å²) in [5.74, 6) is 1.99. The number of aryl methyl sites for hydroxylation is 2. The van der Waals surface area contributed by atoms with Gasteiger partial charge in [-0.15, -0.1) is 0 Å². The van der Waals surface area contributed by atoms with Crippen LogP contribution in [0.25, 0.3) is 10.9 Å². The fourth-order valence-corrected chi connectivity index (χ4v) is 2.59. The maximum Gasteiger partial charge on any atom is 0.187 e. The van der Waals surface area contributed by atoms with Crippen LogP contribution in [0.3, 0.4) is 0 Å². The minimum absolute atomic E-state index is 0.603. The highest BCUT2D eigenvalue weighted by Crippen LogP contribution is 2.36. The summed E-state index contributed by atoms with van der Waals surface area (Å²) in [5, 5.41) is 11.4. The van der Waals surface area contributed by atoms with Gasteiger partial charge in [0, 0.05) is 23.2 Å². The molecule has 2 N–H and O–H groups in total. The Labute approximate surface area is 134 Å². The summed E-state index contributed by atoms with van der Waals surface area (Å²) >= 11 is 0. The molecule has 3 rings (SSSR count). The number of H-pyrrole nitrogens is 1. The second kappa shape index (κ2) is 6.12. The molecule has 0 radical (unpaired) electrons. The standard InChI is InChI=1S/C16H19N5O2/c1-9-12(10(2)21-20-9)7-17-16-11-5-6-13(22-3)15(23-4)14(11)18-8-19-16/h5-6,8H,7H2,1-4H3,(H,20,21)(H,17,18,19). The highest BCUT2D eigenvalue weighted by Gasteiger charge is 2.14. The van der Waals surface area contributed by atoms with Crippen LogP contribution in [0.4, 0.5) is 5.82 Å². The third kappa shape index (κ3) is 2.65. The highest BCUT2D eigenvalue weighted by atomic mass is 16.5. The van der Waals surface area contributed by atoms with Gasteiger partial charge in [-0.2, -0.15) is 5.10 Å². The van der Waals surface area contributed by atoms with Gasteiger partial charge in [0.2, 0.25) is 0 Å². The van der Waals surface area contributed by atoms with E-state index in [1.807, 2.05) is 26.0 Å².